The van der Waals surface area contributed by atoms with Gasteiger partial charge in [-0.1, -0.05) is 38.5 Å². The molecule has 6 heteroatoms. The van der Waals surface area contributed by atoms with Crippen LogP contribution in [0, 0.1) is 18.3 Å². The Morgan fingerprint density at radius 1 is 1.21 bits per heavy atom. The van der Waals surface area contributed by atoms with E-state index in [-0.39, 0.29) is 0 Å². The minimum Gasteiger partial charge on any atom is -0.486 e. The highest BCUT2D eigenvalue weighted by Gasteiger charge is 2.31. The van der Waals surface area contributed by atoms with Crippen molar-refractivity contribution in [1.82, 2.24) is 19.6 Å². The first-order chi connectivity index (χ1) is 13.9. The highest BCUT2D eigenvalue weighted by atomic mass is 32.1. The number of hydrogen-bond acceptors (Lipinski definition) is 5. The molecule has 0 saturated carbocycles. The maximum Gasteiger partial charge on any atom is 0.189 e. The van der Waals surface area contributed by atoms with Crippen LogP contribution in [0.1, 0.15) is 49.0 Å². The van der Waals surface area contributed by atoms with Gasteiger partial charge in [-0.15, -0.1) is 16.4 Å². The van der Waals surface area contributed by atoms with Gasteiger partial charge in [-0.05, 0) is 55.2 Å². The van der Waals surface area contributed by atoms with Gasteiger partial charge in [0.2, 0.25) is 0 Å². The molecule has 1 unspecified atom stereocenters. The molecule has 3 aromatic heterocycles. The molecule has 0 spiro atoms. The van der Waals surface area contributed by atoms with Crippen LogP contribution in [-0.2, 0) is 19.4 Å². The van der Waals surface area contributed by atoms with Crippen molar-refractivity contribution in [3.05, 3.63) is 52.4 Å². The van der Waals surface area contributed by atoms with Crippen LogP contribution < -0.4 is 4.74 Å². The molecule has 0 fully saturated rings. The Bertz CT molecular complexity index is 1180. The average molecular weight is 407 g/mol. The number of aryl methyl sites for hydroxylation is 2. The number of hydrogen-bond donors (Lipinski definition) is 0. The zero-order chi connectivity index (χ0) is 20.2. The Morgan fingerprint density at radius 3 is 2.76 bits per heavy atom. The fourth-order valence-electron chi connectivity index (χ4n) is 4.20. The number of rotatable bonds is 3. The molecule has 1 aliphatic rings. The van der Waals surface area contributed by atoms with Gasteiger partial charge in [-0.25, -0.2) is 14.5 Å². The number of fused-ring (bicyclic) bond motifs is 5. The molecule has 150 valence electrons. The Kier molecular flexibility index (Phi) is 4.35. The predicted molar refractivity (Wildman–Crippen MR) is 117 cm³/mol. The number of ether oxygens (including phenoxy) is 1. The van der Waals surface area contributed by atoms with Crippen molar-refractivity contribution in [2.24, 2.45) is 11.3 Å². The second-order valence-corrected chi connectivity index (χ2v) is 10.2. The fraction of sp³-hybridized carbons (Fsp3) is 0.435. The summed E-state index contributed by atoms with van der Waals surface area (Å²) in [6.45, 7) is 9.48. The van der Waals surface area contributed by atoms with E-state index in [1.54, 1.807) is 10.8 Å². The molecule has 5 nitrogen and oxygen atoms in total. The van der Waals surface area contributed by atoms with Crippen molar-refractivity contribution in [3.8, 4) is 5.75 Å². The molecule has 1 atom stereocenters. The van der Waals surface area contributed by atoms with Crippen LogP contribution in [0.5, 0.6) is 5.75 Å². The Labute approximate surface area is 174 Å². The molecule has 0 N–H and O–H groups in total. The normalized spacial score (nSPS) is 17.0. The van der Waals surface area contributed by atoms with Crippen LogP contribution in [-0.4, -0.2) is 19.6 Å². The van der Waals surface area contributed by atoms with Gasteiger partial charge in [0, 0.05) is 4.88 Å². The summed E-state index contributed by atoms with van der Waals surface area (Å²) >= 11 is 1.83. The molecule has 3 heterocycles. The Balaban J connectivity index is 1.47. The second kappa shape index (κ2) is 6.80. The Morgan fingerprint density at radius 2 is 2.00 bits per heavy atom. The van der Waals surface area contributed by atoms with Gasteiger partial charge < -0.3 is 4.74 Å². The highest BCUT2D eigenvalue weighted by molar-refractivity contribution is 7.19. The molecular weight excluding hydrogens is 380 g/mol. The molecule has 0 amide bonds. The predicted octanol–water partition coefficient (Wildman–Crippen LogP) is 5.38. The minimum absolute atomic E-state index is 0.339. The van der Waals surface area contributed by atoms with Gasteiger partial charge in [0.1, 0.15) is 23.5 Å². The summed E-state index contributed by atoms with van der Waals surface area (Å²) in [5.74, 6) is 2.23. The minimum atomic E-state index is 0.339. The molecule has 1 aliphatic carbocycles. The first-order valence-electron chi connectivity index (χ1n) is 10.2. The molecule has 29 heavy (non-hydrogen) atoms. The van der Waals surface area contributed by atoms with Crippen molar-refractivity contribution in [2.75, 3.05) is 0 Å². The van der Waals surface area contributed by atoms with Gasteiger partial charge in [0.05, 0.1) is 5.39 Å². The van der Waals surface area contributed by atoms with E-state index in [4.69, 9.17) is 9.72 Å². The van der Waals surface area contributed by atoms with Crippen molar-refractivity contribution in [2.45, 2.75) is 53.6 Å². The third-order valence-corrected chi connectivity index (χ3v) is 7.21. The molecular formula is C23H26N4OS. The van der Waals surface area contributed by atoms with Crippen LogP contribution in [0.2, 0.25) is 0 Å². The zero-order valence-corrected chi connectivity index (χ0v) is 18.2. The van der Waals surface area contributed by atoms with Crippen molar-refractivity contribution in [3.63, 3.8) is 0 Å². The van der Waals surface area contributed by atoms with E-state index in [9.17, 15) is 0 Å². The number of thiophene rings is 1. The van der Waals surface area contributed by atoms with Gasteiger partial charge >= 0.3 is 0 Å². The molecule has 0 radical (unpaired) electrons. The zero-order valence-electron chi connectivity index (χ0n) is 17.4. The van der Waals surface area contributed by atoms with Gasteiger partial charge in [0.25, 0.3) is 0 Å². The lowest BCUT2D eigenvalue weighted by Gasteiger charge is -2.33. The molecule has 0 bridgehead atoms. The summed E-state index contributed by atoms with van der Waals surface area (Å²) in [6.07, 6.45) is 5.24. The molecule has 5 rings (SSSR count). The summed E-state index contributed by atoms with van der Waals surface area (Å²) in [7, 11) is 0. The smallest absolute Gasteiger partial charge is 0.189 e. The van der Waals surface area contributed by atoms with E-state index in [1.165, 1.54) is 27.8 Å². The maximum atomic E-state index is 5.88. The first-order valence-corrected chi connectivity index (χ1v) is 11.0. The quantitative estimate of drug-likeness (QED) is 0.458. The lowest BCUT2D eigenvalue weighted by molar-refractivity contribution is 0.218. The maximum absolute atomic E-state index is 5.88. The standard InChI is InChI=1S/C23H26N4OS/c1-14-5-8-16(9-6-14)28-12-19-25-21-20-17-10-7-15(23(2,3)4)11-18(17)29-22(20)24-13-27(21)26-19/h5-6,8-9,13,15H,7,10-12H2,1-4H3. The molecule has 0 aliphatic heterocycles. The third-order valence-electron chi connectivity index (χ3n) is 6.04. The summed E-state index contributed by atoms with van der Waals surface area (Å²) < 4.78 is 7.68. The van der Waals surface area contributed by atoms with Gasteiger partial charge in [-0.3, -0.25) is 0 Å². The lowest BCUT2D eigenvalue weighted by Crippen LogP contribution is -2.26. The molecule has 0 saturated heterocycles. The van der Waals surface area contributed by atoms with E-state index in [0.717, 1.165) is 35.0 Å². The van der Waals surface area contributed by atoms with E-state index >= 15 is 0 Å². The van der Waals surface area contributed by atoms with Crippen LogP contribution in [0.25, 0.3) is 15.9 Å². The topological polar surface area (TPSA) is 52.3 Å². The molecule has 4 aromatic rings. The fourth-order valence-corrected chi connectivity index (χ4v) is 5.46. The van der Waals surface area contributed by atoms with Crippen LogP contribution in [0.4, 0.5) is 0 Å². The van der Waals surface area contributed by atoms with Gasteiger partial charge in [-0.2, -0.15) is 0 Å². The van der Waals surface area contributed by atoms with E-state index in [1.807, 2.05) is 35.6 Å². The third kappa shape index (κ3) is 3.39. The summed E-state index contributed by atoms with van der Waals surface area (Å²) in [5.41, 5.74) is 3.89. The van der Waals surface area contributed by atoms with E-state index < -0.39 is 0 Å². The SMILES string of the molecule is Cc1ccc(OCc2nc3c4c5c(sc4ncn3n2)CC(C(C)(C)C)CC5)cc1. The monoisotopic (exact) mass is 406 g/mol. The summed E-state index contributed by atoms with van der Waals surface area (Å²) in [6, 6.07) is 8.04. The highest BCUT2D eigenvalue weighted by Crippen LogP contribution is 2.43. The second-order valence-electron chi connectivity index (χ2n) is 9.13. The van der Waals surface area contributed by atoms with Crippen molar-refractivity contribution in [1.29, 1.82) is 0 Å². The van der Waals surface area contributed by atoms with Gasteiger partial charge in [0.15, 0.2) is 11.5 Å². The van der Waals surface area contributed by atoms with E-state index in [2.05, 4.69) is 37.8 Å². The largest absolute Gasteiger partial charge is 0.486 e. The lowest BCUT2D eigenvalue weighted by atomic mass is 9.72. The number of benzene rings is 1. The number of aromatic nitrogens is 4. The summed E-state index contributed by atoms with van der Waals surface area (Å²) in [5, 5.41) is 5.79. The Hall–Kier alpha value is -2.47. The van der Waals surface area contributed by atoms with Crippen LogP contribution in [0.3, 0.4) is 0 Å². The van der Waals surface area contributed by atoms with Crippen molar-refractivity contribution >= 4 is 27.2 Å². The van der Waals surface area contributed by atoms with Crippen molar-refractivity contribution < 1.29 is 4.74 Å². The van der Waals surface area contributed by atoms with Crippen LogP contribution >= 0.6 is 11.3 Å². The summed E-state index contributed by atoms with van der Waals surface area (Å²) in [4.78, 5) is 12.1. The number of nitrogens with zero attached hydrogens (tertiary/aromatic N) is 4. The van der Waals surface area contributed by atoms with E-state index in [0.29, 0.717) is 17.8 Å². The average Bonchev–Trinajstić information content (AvgIpc) is 3.26. The first kappa shape index (κ1) is 18.6. The molecule has 1 aromatic carbocycles. The van der Waals surface area contributed by atoms with Crippen LogP contribution in [0.15, 0.2) is 30.6 Å².